The van der Waals surface area contributed by atoms with Gasteiger partial charge >= 0.3 is 0 Å². The summed E-state index contributed by atoms with van der Waals surface area (Å²) in [5.74, 6) is 2.04. The Balaban J connectivity index is 1.22. The molecule has 0 bridgehead atoms. The van der Waals surface area contributed by atoms with E-state index in [9.17, 15) is 14.9 Å². The molecule has 3 aliphatic rings. The average molecular weight is 467 g/mol. The van der Waals surface area contributed by atoms with Crippen molar-refractivity contribution < 1.29 is 19.2 Å². The first-order valence-electron chi connectivity index (χ1n) is 11.9. The summed E-state index contributed by atoms with van der Waals surface area (Å²) in [7, 11) is 0. The molecule has 9 nitrogen and oxygen atoms in total. The molecule has 0 aromatic heterocycles. The number of nitro benzene ring substituents is 1. The summed E-state index contributed by atoms with van der Waals surface area (Å²) in [6.07, 6.45) is 2.04. The molecule has 0 N–H and O–H groups in total. The Morgan fingerprint density at radius 3 is 2.47 bits per heavy atom. The van der Waals surface area contributed by atoms with E-state index in [-0.39, 0.29) is 23.3 Å². The predicted molar refractivity (Wildman–Crippen MR) is 127 cm³/mol. The summed E-state index contributed by atoms with van der Waals surface area (Å²) in [6, 6.07) is 10.9. The third-order valence-corrected chi connectivity index (χ3v) is 7.05. The Labute approximate surface area is 199 Å². The average Bonchev–Trinajstić information content (AvgIpc) is 3.32. The second kappa shape index (κ2) is 9.50. The molecule has 2 aromatic rings. The molecular formula is C25H30N4O5. The maximum absolute atomic E-state index is 13.1. The molecule has 0 spiro atoms. The van der Waals surface area contributed by atoms with Gasteiger partial charge in [-0.05, 0) is 48.6 Å². The number of fused-ring (bicyclic) bond motifs is 1. The van der Waals surface area contributed by atoms with Crippen molar-refractivity contribution >= 4 is 17.3 Å². The lowest BCUT2D eigenvalue weighted by Crippen LogP contribution is -2.48. The zero-order valence-electron chi connectivity index (χ0n) is 19.4. The number of ether oxygens (including phenoxy) is 2. The van der Waals surface area contributed by atoms with Crippen molar-refractivity contribution in [3.63, 3.8) is 0 Å². The highest BCUT2D eigenvalue weighted by Gasteiger charge is 2.28. The van der Waals surface area contributed by atoms with E-state index in [1.165, 1.54) is 6.07 Å². The van der Waals surface area contributed by atoms with Gasteiger partial charge in [-0.1, -0.05) is 13.0 Å². The number of piperidine rings is 1. The van der Waals surface area contributed by atoms with E-state index in [0.29, 0.717) is 30.3 Å². The van der Waals surface area contributed by atoms with E-state index in [2.05, 4.69) is 16.7 Å². The van der Waals surface area contributed by atoms with Crippen LogP contribution < -0.4 is 14.4 Å². The van der Waals surface area contributed by atoms with Crippen LogP contribution in [0.2, 0.25) is 0 Å². The van der Waals surface area contributed by atoms with Gasteiger partial charge in [-0.3, -0.25) is 19.8 Å². The molecule has 3 heterocycles. The number of hydrogen-bond acceptors (Lipinski definition) is 7. The van der Waals surface area contributed by atoms with Crippen molar-refractivity contribution in [3.05, 3.63) is 57.6 Å². The minimum atomic E-state index is -0.368. The number of hydrogen-bond donors (Lipinski definition) is 0. The molecule has 9 heteroatoms. The zero-order valence-corrected chi connectivity index (χ0v) is 19.4. The summed E-state index contributed by atoms with van der Waals surface area (Å²) < 4.78 is 10.8. The third-order valence-electron chi connectivity index (χ3n) is 7.05. The van der Waals surface area contributed by atoms with E-state index in [1.807, 2.05) is 18.2 Å². The van der Waals surface area contributed by atoms with Crippen molar-refractivity contribution in [1.82, 2.24) is 9.80 Å². The van der Waals surface area contributed by atoms with E-state index < -0.39 is 0 Å². The minimum absolute atomic E-state index is 0.0156. The highest BCUT2D eigenvalue weighted by Crippen LogP contribution is 2.34. The Morgan fingerprint density at radius 2 is 1.74 bits per heavy atom. The number of piperazine rings is 1. The third kappa shape index (κ3) is 4.65. The van der Waals surface area contributed by atoms with Gasteiger partial charge in [0.25, 0.3) is 11.6 Å². The zero-order chi connectivity index (χ0) is 23.7. The molecule has 0 atom stereocenters. The number of anilines is 1. The van der Waals surface area contributed by atoms with E-state index in [4.69, 9.17) is 9.47 Å². The van der Waals surface area contributed by atoms with Crippen molar-refractivity contribution in [2.24, 2.45) is 5.92 Å². The van der Waals surface area contributed by atoms with Crippen LogP contribution in [0.3, 0.4) is 0 Å². The summed E-state index contributed by atoms with van der Waals surface area (Å²) in [6.45, 7) is 7.51. The van der Waals surface area contributed by atoms with Crippen LogP contribution in [0.1, 0.15) is 35.7 Å². The summed E-state index contributed by atoms with van der Waals surface area (Å²) in [5, 5.41) is 11.8. The second-order valence-electron chi connectivity index (χ2n) is 9.39. The number of carbonyl (C=O) groups excluding carboxylic acids is 1. The number of carbonyl (C=O) groups is 1. The van der Waals surface area contributed by atoms with E-state index in [0.717, 1.165) is 62.6 Å². The van der Waals surface area contributed by atoms with Crippen molar-refractivity contribution in [2.75, 3.05) is 51.0 Å². The summed E-state index contributed by atoms with van der Waals surface area (Å²) in [4.78, 5) is 30.7. The molecule has 0 aliphatic carbocycles. The molecule has 3 aliphatic heterocycles. The molecule has 34 heavy (non-hydrogen) atoms. The standard InChI is InChI=1S/C25H30N4O5/c1-18-6-8-27(9-7-18)21-4-3-20(15-22(21)29(31)32)25(30)28-12-10-26(11-13-28)16-19-2-5-23-24(14-19)34-17-33-23/h2-5,14-15,18H,6-13,16-17H2,1H3. The van der Waals surface area contributed by atoms with Gasteiger partial charge in [-0.25, -0.2) is 0 Å². The van der Waals surface area contributed by atoms with Gasteiger partial charge in [0.1, 0.15) is 5.69 Å². The topological polar surface area (TPSA) is 88.4 Å². The Kier molecular flexibility index (Phi) is 6.28. The van der Waals surface area contributed by atoms with Crippen LogP contribution in [0.15, 0.2) is 36.4 Å². The van der Waals surface area contributed by atoms with Gasteiger partial charge in [0.15, 0.2) is 11.5 Å². The van der Waals surface area contributed by atoms with E-state index >= 15 is 0 Å². The smallest absolute Gasteiger partial charge is 0.293 e. The van der Waals surface area contributed by atoms with Crippen LogP contribution in [0.5, 0.6) is 11.5 Å². The Bertz CT molecular complexity index is 1070. The fourth-order valence-electron chi connectivity index (χ4n) is 4.91. The van der Waals surface area contributed by atoms with Crippen LogP contribution in [0, 0.1) is 16.0 Å². The summed E-state index contributed by atoms with van der Waals surface area (Å²) in [5.41, 5.74) is 2.15. The lowest BCUT2D eigenvalue weighted by Gasteiger charge is -2.35. The molecule has 2 aromatic carbocycles. The van der Waals surface area contributed by atoms with Gasteiger partial charge in [-0.15, -0.1) is 0 Å². The Hall–Kier alpha value is -3.33. The fraction of sp³-hybridized carbons (Fsp3) is 0.480. The second-order valence-corrected chi connectivity index (χ2v) is 9.39. The first-order chi connectivity index (χ1) is 16.5. The number of benzene rings is 2. The van der Waals surface area contributed by atoms with Gasteiger partial charge in [0, 0.05) is 57.4 Å². The number of nitrogens with zero attached hydrogens (tertiary/aromatic N) is 4. The molecule has 1 amide bonds. The quantitative estimate of drug-likeness (QED) is 0.492. The number of amides is 1. The summed E-state index contributed by atoms with van der Waals surface area (Å²) >= 11 is 0. The molecule has 0 radical (unpaired) electrons. The predicted octanol–water partition coefficient (Wildman–Crippen LogP) is 3.52. The highest BCUT2D eigenvalue weighted by atomic mass is 16.7. The lowest BCUT2D eigenvalue weighted by molar-refractivity contribution is -0.384. The van der Waals surface area contributed by atoms with Crippen molar-refractivity contribution in [1.29, 1.82) is 0 Å². The van der Waals surface area contributed by atoms with Crippen molar-refractivity contribution in [2.45, 2.75) is 26.3 Å². The Morgan fingerprint density at radius 1 is 1.00 bits per heavy atom. The van der Waals surface area contributed by atoms with Crippen LogP contribution in [0.25, 0.3) is 0 Å². The fourth-order valence-corrected chi connectivity index (χ4v) is 4.91. The van der Waals surface area contributed by atoms with Crippen molar-refractivity contribution in [3.8, 4) is 11.5 Å². The SMILES string of the molecule is CC1CCN(c2ccc(C(=O)N3CCN(Cc4ccc5c(c4)OCO5)CC3)cc2[N+](=O)[O-])CC1. The highest BCUT2D eigenvalue weighted by molar-refractivity contribution is 5.96. The molecule has 0 saturated carbocycles. The first kappa shape index (κ1) is 22.5. The molecule has 180 valence electrons. The lowest BCUT2D eigenvalue weighted by atomic mass is 9.98. The molecule has 2 fully saturated rings. The largest absolute Gasteiger partial charge is 0.454 e. The first-order valence-corrected chi connectivity index (χ1v) is 11.9. The van der Waals surface area contributed by atoms with Crippen LogP contribution in [-0.2, 0) is 6.54 Å². The normalized spacial score (nSPS) is 18.9. The van der Waals surface area contributed by atoms with Crippen LogP contribution in [0.4, 0.5) is 11.4 Å². The minimum Gasteiger partial charge on any atom is -0.454 e. The van der Waals surface area contributed by atoms with Gasteiger partial charge in [0.2, 0.25) is 6.79 Å². The van der Waals surface area contributed by atoms with Gasteiger partial charge in [-0.2, -0.15) is 0 Å². The molecule has 5 rings (SSSR count). The van der Waals surface area contributed by atoms with E-state index in [1.54, 1.807) is 17.0 Å². The molecule has 2 saturated heterocycles. The van der Waals surface area contributed by atoms with Gasteiger partial charge in [0.05, 0.1) is 4.92 Å². The maximum Gasteiger partial charge on any atom is 0.293 e. The number of nitro groups is 1. The van der Waals surface area contributed by atoms with Crippen LogP contribution >= 0.6 is 0 Å². The maximum atomic E-state index is 13.1. The molecular weight excluding hydrogens is 436 g/mol. The van der Waals surface area contributed by atoms with Gasteiger partial charge < -0.3 is 19.3 Å². The monoisotopic (exact) mass is 466 g/mol. The molecule has 0 unspecified atom stereocenters. The number of rotatable bonds is 5. The van der Waals surface area contributed by atoms with Crippen LogP contribution in [-0.4, -0.2) is 66.7 Å².